The monoisotopic (exact) mass is 200 g/mol. The predicted octanol–water partition coefficient (Wildman–Crippen LogP) is 2.31. The summed E-state index contributed by atoms with van der Waals surface area (Å²) in [6.07, 6.45) is 0.584. The molecule has 78 valence electrons. The molecule has 0 N–H and O–H groups in total. The number of ether oxygens (including phenoxy) is 1. The number of alkyl halides is 1. The van der Waals surface area contributed by atoms with Gasteiger partial charge in [0.2, 0.25) is 0 Å². The van der Waals surface area contributed by atoms with Gasteiger partial charge in [-0.15, -0.1) is 4.91 Å². The van der Waals surface area contributed by atoms with Crippen LogP contribution in [0.15, 0.2) is 17.5 Å². The first-order valence-corrected chi connectivity index (χ1v) is 4.27. The molecule has 0 aliphatic carbocycles. The highest BCUT2D eigenvalue weighted by Crippen LogP contribution is 2.24. The third-order valence-corrected chi connectivity index (χ3v) is 1.84. The summed E-state index contributed by atoms with van der Waals surface area (Å²) in [6.45, 7) is 3.36. The number of nitriles is 1. The molecule has 0 amide bonds. The summed E-state index contributed by atoms with van der Waals surface area (Å²) in [5.74, 6) is 0. The van der Waals surface area contributed by atoms with E-state index in [2.05, 4.69) is 5.18 Å². The zero-order valence-corrected chi connectivity index (χ0v) is 8.24. The summed E-state index contributed by atoms with van der Waals surface area (Å²) in [6, 6.07) is 1.73. The summed E-state index contributed by atoms with van der Waals surface area (Å²) < 4.78 is 17.9. The van der Waals surface area contributed by atoms with E-state index < -0.39 is 11.7 Å². The van der Waals surface area contributed by atoms with Gasteiger partial charge in [0.05, 0.1) is 25.4 Å². The number of hydrogen-bond acceptors (Lipinski definition) is 4. The van der Waals surface area contributed by atoms with Gasteiger partial charge in [-0.2, -0.15) is 5.26 Å². The highest BCUT2D eigenvalue weighted by molar-refractivity contribution is 5.12. The van der Waals surface area contributed by atoms with Crippen molar-refractivity contribution in [2.45, 2.75) is 32.0 Å². The number of hydrogen-bond donors (Lipinski definition) is 0. The first-order chi connectivity index (χ1) is 6.63. The minimum absolute atomic E-state index is 0.294. The van der Waals surface area contributed by atoms with Gasteiger partial charge in [-0.3, -0.25) is 0 Å². The van der Waals surface area contributed by atoms with Crippen LogP contribution < -0.4 is 0 Å². The van der Waals surface area contributed by atoms with E-state index in [9.17, 15) is 9.30 Å². The summed E-state index contributed by atoms with van der Waals surface area (Å²) in [5, 5.41) is 11.1. The lowest BCUT2D eigenvalue weighted by molar-refractivity contribution is 0.233. The topological polar surface area (TPSA) is 62.4 Å². The molecular weight excluding hydrogens is 187 g/mol. The Labute approximate surface area is 82.3 Å². The second-order valence-corrected chi connectivity index (χ2v) is 2.79. The van der Waals surface area contributed by atoms with Gasteiger partial charge in [-0.1, -0.05) is 5.18 Å². The molecule has 0 fully saturated rings. The smallest absolute Gasteiger partial charge is 0.167 e. The van der Waals surface area contributed by atoms with Crippen molar-refractivity contribution < 1.29 is 9.13 Å². The normalized spacial score (nSPS) is 17.0. The molecular formula is C9H13FN2O2. The Hall–Kier alpha value is -1.44. The van der Waals surface area contributed by atoms with E-state index >= 15 is 0 Å². The highest BCUT2D eigenvalue weighted by atomic mass is 19.1. The maximum absolute atomic E-state index is 13.1. The van der Waals surface area contributed by atoms with Gasteiger partial charge < -0.3 is 4.74 Å². The molecule has 0 heterocycles. The van der Waals surface area contributed by atoms with E-state index in [1.165, 1.54) is 19.3 Å². The minimum atomic E-state index is -1.62. The minimum Gasteiger partial charge on any atom is -0.502 e. The van der Waals surface area contributed by atoms with Gasteiger partial charge in [-0.05, 0) is 19.9 Å². The van der Waals surface area contributed by atoms with Gasteiger partial charge in [0.25, 0.3) is 0 Å². The van der Waals surface area contributed by atoms with Crippen LogP contribution >= 0.6 is 0 Å². The third kappa shape index (κ3) is 3.13. The summed E-state index contributed by atoms with van der Waals surface area (Å²) in [5.41, 5.74) is -1.62. The molecule has 4 nitrogen and oxygen atoms in total. The summed E-state index contributed by atoms with van der Waals surface area (Å²) in [7, 11) is 0. The standard InChI is InChI=1S/C9H13FN2O2/c1-3-14-7-5-9(12-13,4-6-11)8(2)10/h5,7-8H,3-4H2,1-2H3/b7-5+. The molecule has 0 aromatic heterocycles. The first-order valence-electron chi connectivity index (χ1n) is 4.27. The lowest BCUT2D eigenvalue weighted by Crippen LogP contribution is -2.33. The van der Waals surface area contributed by atoms with E-state index in [4.69, 9.17) is 10.00 Å². The number of nitrogens with zero attached hydrogens (tertiary/aromatic N) is 2. The lowest BCUT2D eigenvalue weighted by atomic mass is 9.92. The largest absolute Gasteiger partial charge is 0.502 e. The van der Waals surface area contributed by atoms with E-state index in [-0.39, 0.29) is 6.42 Å². The SMILES string of the molecule is CCO/C=C/C(CC#N)(N=O)C(C)F. The van der Waals surface area contributed by atoms with E-state index in [0.29, 0.717) is 6.61 Å². The quantitative estimate of drug-likeness (QED) is 0.488. The van der Waals surface area contributed by atoms with Crippen LogP contribution in [-0.2, 0) is 4.74 Å². The van der Waals surface area contributed by atoms with Gasteiger partial charge in [0, 0.05) is 0 Å². The Morgan fingerprint density at radius 1 is 1.79 bits per heavy atom. The highest BCUT2D eigenvalue weighted by Gasteiger charge is 2.36. The Balaban J connectivity index is 4.68. The van der Waals surface area contributed by atoms with Crippen LogP contribution in [0.3, 0.4) is 0 Å². The van der Waals surface area contributed by atoms with E-state index in [1.807, 2.05) is 0 Å². The fourth-order valence-electron chi connectivity index (χ4n) is 0.856. The Kier molecular flexibility index (Phi) is 5.46. The van der Waals surface area contributed by atoms with E-state index in [1.54, 1.807) is 13.0 Å². The van der Waals surface area contributed by atoms with Gasteiger partial charge in [-0.25, -0.2) is 4.39 Å². The zero-order valence-electron chi connectivity index (χ0n) is 8.24. The van der Waals surface area contributed by atoms with Crippen molar-refractivity contribution in [2.24, 2.45) is 5.18 Å². The number of rotatable bonds is 6. The van der Waals surface area contributed by atoms with Crippen LogP contribution in [0.1, 0.15) is 20.3 Å². The molecule has 2 atom stereocenters. The fourth-order valence-corrected chi connectivity index (χ4v) is 0.856. The average molecular weight is 200 g/mol. The maximum atomic E-state index is 13.1. The van der Waals surface area contributed by atoms with Crippen LogP contribution in [0.25, 0.3) is 0 Å². The lowest BCUT2D eigenvalue weighted by Gasteiger charge is -2.20. The van der Waals surface area contributed by atoms with E-state index in [0.717, 1.165) is 0 Å². The molecule has 14 heavy (non-hydrogen) atoms. The molecule has 0 radical (unpaired) electrons. The Morgan fingerprint density at radius 3 is 2.79 bits per heavy atom. The average Bonchev–Trinajstić information content (AvgIpc) is 2.16. The molecule has 0 aromatic carbocycles. The van der Waals surface area contributed by atoms with Crippen molar-refractivity contribution in [1.29, 1.82) is 5.26 Å². The molecule has 0 aromatic rings. The van der Waals surface area contributed by atoms with Crippen LogP contribution in [0.5, 0.6) is 0 Å². The molecule has 5 heteroatoms. The Morgan fingerprint density at radius 2 is 2.43 bits per heavy atom. The van der Waals surface area contributed by atoms with Crippen molar-refractivity contribution in [3.05, 3.63) is 17.2 Å². The summed E-state index contributed by atoms with van der Waals surface area (Å²) in [4.78, 5) is 10.5. The van der Waals surface area contributed by atoms with Crippen molar-refractivity contribution in [3.63, 3.8) is 0 Å². The second-order valence-electron chi connectivity index (χ2n) is 2.79. The number of nitroso groups, excluding NO2 is 1. The zero-order chi connectivity index (χ0) is 11.0. The van der Waals surface area contributed by atoms with Crippen molar-refractivity contribution in [1.82, 2.24) is 0 Å². The van der Waals surface area contributed by atoms with Crippen molar-refractivity contribution in [2.75, 3.05) is 6.61 Å². The molecule has 0 rings (SSSR count). The fraction of sp³-hybridized carbons (Fsp3) is 0.667. The van der Waals surface area contributed by atoms with Gasteiger partial charge in [0.15, 0.2) is 5.54 Å². The van der Waals surface area contributed by atoms with Crippen LogP contribution in [0.4, 0.5) is 4.39 Å². The molecule has 0 bridgehead atoms. The van der Waals surface area contributed by atoms with Crippen LogP contribution in [-0.4, -0.2) is 18.3 Å². The van der Waals surface area contributed by atoms with Crippen molar-refractivity contribution in [3.8, 4) is 6.07 Å². The second kappa shape index (κ2) is 6.08. The van der Waals surface area contributed by atoms with Crippen molar-refractivity contribution >= 4 is 0 Å². The molecule has 2 unspecified atom stereocenters. The molecule has 0 saturated heterocycles. The molecule has 0 aliphatic heterocycles. The molecule has 0 aliphatic rings. The summed E-state index contributed by atoms with van der Waals surface area (Å²) >= 11 is 0. The van der Waals surface area contributed by atoms with Crippen LogP contribution in [0.2, 0.25) is 0 Å². The molecule has 0 spiro atoms. The molecule has 0 saturated carbocycles. The van der Waals surface area contributed by atoms with Gasteiger partial charge in [0.1, 0.15) is 6.17 Å². The number of halogens is 1. The maximum Gasteiger partial charge on any atom is 0.167 e. The Bertz CT molecular complexity index is 248. The third-order valence-electron chi connectivity index (χ3n) is 1.84. The van der Waals surface area contributed by atoms with Gasteiger partial charge >= 0.3 is 0 Å². The predicted molar refractivity (Wildman–Crippen MR) is 50.1 cm³/mol. The van der Waals surface area contributed by atoms with Crippen LogP contribution in [0, 0.1) is 16.2 Å². The first kappa shape index (κ1) is 12.6.